The molecule has 3 rings (SSSR count). The van der Waals surface area contributed by atoms with Gasteiger partial charge in [-0.15, -0.1) is 0 Å². The van der Waals surface area contributed by atoms with E-state index in [0.29, 0.717) is 0 Å². The van der Waals surface area contributed by atoms with Gasteiger partial charge in [0.1, 0.15) is 0 Å². The summed E-state index contributed by atoms with van der Waals surface area (Å²) in [7, 11) is -0.404. The molecule has 1 aromatic carbocycles. The van der Waals surface area contributed by atoms with E-state index in [1.54, 1.807) is 0 Å². The minimum atomic E-state index is -0.404. The Morgan fingerprint density at radius 1 is 1.06 bits per heavy atom. The number of hydrogen-bond acceptors (Lipinski definition) is 1. The molecule has 0 fully saturated rings. The van der Waals surface area contributed by atoms with Crippen molar-refractivity contribution in [3.63, 3.8) is 0 Å². The molecule has 1 aliphatic heterocycles. The van der Waals surface area contributed by atoms with Gasteiger partial charge in [0, 0.05) is 11.0 Å². The van der Waals surface area contributed by atoms with Crippen molar-refractivity contribution >= 4 is 25.9 Å². The van der Waals surface area contributed by atoms with Crippen LogP contribution in [0.5, 0.6) is 0 Å². The standard InChI is InChI=1S/C14H15NSSi/c1-17(2)14-9-5-7-12-11-6-3-4-8-13(11)16-10-15(12)14/h3-9H,10H2,1-2H3/q+1. The van der Waals surface area contributed by atoms with Crippen LogP contribution in [0.3, 0.4) is 0 Å². The van der Waals surface area contributed by atoms with Crippen molar-refractivity contribution in [3.05, 3.63) is 42.5 Å². The van der Waals surface area contributed by atoms with Crippen molar-refractivity contribution in [2.75, 3.05) is 0 Å². The number of benzene rings is 1. The minimum Gasteiger partial charge on any atom is -0.191 e. The summed E-state index contributed by atoms with van der Waals surface area (Å²) in [5.74, 6) is 1.05. The Morgan fingerprint density at radius 3 is 2.71 bits per heavy atom. The molecule has 2 heterocycles. The van der Waals surface area contributed by atoms with Crippen molar-refractivity contribution < 1.29 is 4.57 Å². The van der Waals surface area contributed by atoms with Gasteiger partial charge in [0.2, 0.25) is 5.69 Å². The average Bonchev–Trinajstić information content (AvgIpc) is 2.37. The fourth-order valence-electron chi connectivity index (χ4n) is 2.29. The zero-order chi connectivity index (χ0) is 11.8. The fourth-order valence-corrected chi connectivity index (χ4v) is 4.62. The van der Waals surface area contributed by atoms with Gasteiger partial charge in [-0.3, -0.25) is 0 Å². The quantitative estimate of drug-likeness (QED) is 0.561. The summed E-state index contributed by atoms with van der Waals surface area (Å²) in [4.78, 5) is 1.41. The highest BCUT2D eigenvalue weighted by atomic mass is 32.2. The first-order valence-corrected chi connectivity index (χ1v) is 9.31. The zero-order valence-corrected chi connectivity index (χ0v) is 11.9. The maximum Gasteiger partial charge on any atom is 0.214 e. The number of nitrogens with zero attached hydrogens (tertiary/aromatic N) is 1. The van der Waals surface area contributed by atoms with Crippen molar-refractivity contribution in [2.45, 2.75) is 23.9 Å². The molecule has 0 saturated carbocycles. The Balaban J connectivity index is 2.24. The summed E-state index contributed by atoms with van der Waals surface area (Å²) in [5, 5.41) is 1.52. The van der Waals surface area contributed by atoms with E-state index in [2.05, 4.69) is 60.1 Å². The lowest BCUT2D eigenvalue weighted by atomic mass is 10.1. The van der Waals surface area contributed by atoms with E-state index in [1.807, 2.05) is 11.8 Å². The van der Waals surface area contributed by atoms with Gasteiger partial charge < -0.3 is 0 Å². The molecule has 3 heteroatoms. The molecule has 2 aromatic rings. The van der Waals surface area contributed by atoms with Crippen LogP contribution < -0.4 is 9.88 Å². The van der Waals surface area contributed by atoms with Crippen molar-refractivity contribution in [2.24, 2.45) is 0 Å². The lowest BCUT2D eigenvalue weighted by Gasteiger charge is -2.16. The van der Waals surface area contributed by atoms with E-state index in [9.17, 15) is 0 Å². The predicted molar refractivity (Wildman–Crippen MR) is 75.0 cm³/mol. The largest absolute Gasteiger partial charge is 0.214 e. The third-order valence-electron chi connectivity index (χ3n) is 3.11. The molecule has 0 bridgehead atoms. The van der Waals surface area contributed by atoms with Crippen molar-refractivity contribution in [1.82, 2.24) is 0 Å². The van der Waals surface area contributed by atoms with E-state index in [1.165, 1.54) is 21.5 Å². The molecule has 1 radical (unpaired) electrons. The molecule has 0 spiro atoms. The van der Waals surface area contributed by atoms with Crippen molar-refractivity contribution in [3.8, 4) is 11.3 Å². The third-order valence-corrected chi connectivity index (χ3v) is 5.63. The number of fused-ring (bicyclic) bond motifs is 3. The molecule has 1 aromatic heterocycles. The van der Waals surface area contributed by atoms with E-state index in [-0.39, 0.29) is 0 Å². The summed E-state index contributed by atoms with van der Waals surface area (Å²) in [5.41, 5.74) is 2.76. The molecule has 1 aliphatic rings. The van der Waals surface area contributed by atoms with Gasteiger partial charge >= 0.3 is 0 Å². The molecule has 0 saturated heterocycles. The summed E-state index contributed by atoms with van der Waals surface area (Å²) in [6, 6.07) is 15.4. The SMILES string of the molecule is C[Si](C)c1cccc2[n+]1CSc1ccccc1-2. The Morgan fingerprint density at radius 2 is 1.88 bits per heavy atom. The van der Waals surface area contributed by atoms with Gasteiger partial charge in [-0.25, -0.2) is 0 Å². The maximum atomic E-state index is 2.49. The van der Waals surface area contributed by atoms with Gasteiger partial charge in [-0.2, -0.15) is 4.57 Å². The minimum absolute atomic E-state index is 0.404. The van der Waals surface area contributed by atoms with E-state index < -0.39 is 8.80 Å². The van der Waals surface area contributed by atoms with Crippen LogP contribution in [-0.4, -0.2) is 8.80 Å². The predicted octanol–water partition coefficient (Wildman–Crippen LogP) is 2.67. The zero-order valence-electron chi connectivity index (χ0n) is 10.1. The average molecular weight is 257 g/mol. The molecular weight excluding hydrogens is 242 g/mol. The molecule has 0 N–H and O–H groups in total. The molecule has 0 amide bonds. The van der Waals surface area contributed by atoms with Crippen LogP contribution >= 0.6 is 11.8 Å². The number of pyridine rings is 1. The van der Waals surface area contributed by atoms with Crippen LogP contribution in [0.25, 0.3) is 11.3 Å². The van der Waals surface area contributed by atoms with Crippen LogP contribution in [0.4, 0.5) is 0 Å². The smallest absolute Gasteiger partial charge is 0.191 e. The lowest BCUT2D eigenvalue weighted by molar-refractivity contribution is -0.648. The van der Waals surface area contributed by atoms with Gasteiger partial charge in [0.05, 0.1) is 5.56 Å². The van der Waals surface area contributed by atoms with Gasteiger partial charge in [-0.1, -0.05) is 37.0 Å². The summed E-state index contributed by atoms with van der Waals surface area (Å²) < 4.78 is 2.49. The summed E-state index contributed by atoms with van der Waals surface area (Å²) in [6.07, 6.45) is 0. The Hall–Kier alpha value is -1.06. The molecule has 0 aliphatic carbocycles. The monoisotopic (exact) mass is 257 g/mol. The number of hydrogen-bond donors (Lipinski definition) is 0. The fraction of sp³-hybridized carbons (Fsp3) is 0.214. The van der Waals surface area contributed by atoms with Crippen LogP contribution in [0.1, 0.15) is 0 Å². The van der Waals surface area contributed by atoms with Crippen LogP contribution in [-0.2, 0) is 5.88 Å². The second kappa shape index (κ2) is 4.31. The second-order valence-electron chi connectivity index (χ2n) is 4.49. The van der Waals surface area contributed by atoms with E-state index in [0.717, 1.165) is 5.88 Å². The third kappa shape index (κ3) is 1.83. The number of thioether (sulfide) groups is 1. The highest BCUT2D eigenvalue weighted by Crippen LogP contribution is 2.33. The van der Waals surface area contributed by atoms with E-state index in [4.69, 9.17) is 0 Å². The molecular formula is C14H15NSSi+. The first kappa shape index (κ1) is 11.1. The molecule has 17 heavy (non-hydrogen) atoms. The first-order chi connectivity index (χ1) is 8.27. The Bertz CT molecular complexity index is 566. The van der Waals surface area contributed by atoms with Gasteiger partial charge in [0.15, 0.2) is 20.0 Å². The molecule has 0 unspecified atom stereocenters. The first-order valence-electron chi connectivity index (χ1n) is 5.83. The molecule has 0 atom stereocenters. The number of aromatic nitrogens is 1. The Kier molecular flexibility index (Phi) is 2.80. The second-order valence-corrected chi connectivity index (χ2v) is 7.99. The van der Waals surface area contributed by atoms with Crippen molar-refractivity contribution in [1.29, 1.82) is 0 Å². The van der Waals surface area contributed by atoms with E-state index >= 15 is 0 Å². The summed E-state index contributed by atoms with van der Waals surface area (Å²) in [6.45, 7) is 4.72. The molecule has 1 nitrogen and oxygen atoms in total. The van der Waals surface area contributed by atoms with Gasteiger partial charge in [-0.05, 0) is 24.3 Å². The number of rotatable bonds is 1. The summed E-state index contributed by atoms with van der Waals surface area (Å²) >= 11 is 1.94. The highest BCUT2D eigenvalue weighted by Gasteiger charge is 2.26. The van der Waals surface area contributed by atoms with Gasteiger partial charge in [0.25, 0.3) is 0 Å². The molecule has 85 valence electrons. The van der Waals surface area contributed by atoms with Crippen LogP contribution in [0, 0.1) is 0 Å². The maximum absolute atomic E-state index is 2.49. The van der Waals surface area contributed by atoms with Crippen LogP contribution in [0.15, 0.2) is 47.4 Å². The van der Waals surface area contributed by atoms with Crippen LogP contribution in [0.2, 0.25) is 13.1 Å². The Labute approximate surface area is 108 Å². The normalized spacial score (nSPS) is 13.4. The highest BCUT2D eigenvalue weighted by molar-refractivity contribution is 7.98. The lowest BCUT2D eigenvalue weighted by Crippen LogP contribution is -2.56. The topological polar surface area (TPSA) is 3.88 Å².